The molecule has 0 fully saturated rings. The van der Waals surface area contributed by atoms with Crippen LogP contribution in [0.5, 0.6) is 0 Å². The fourth-order valence-corrected chi connectivity index (χ4v) is 2.19. The first kappa shape index (κ1) is 17.0. The number of benzene rings is 1. The number of aromatic nitrogens is 2. The van der Waals surface area contributed by atoms with Gasteiger partial charge in [-0.05, 0) is 32.0 Å². The van der Waals surface area contributed by atoms with Crippen LogP contribution < -0.4 is 5.43 Å². The molecule has 0 saturated carbocycles. The second kappa shape index (κ2) is 6.02. The Morgan fingerprint density at radius 3 is 2.52 bits per heavy atom. The minimum Gasteiger partial charge on any atom is -0.469 e. The maximum Gasteiger partial charge on any atom is 0.416 e. The Kier molecular flexibility index (Phi) is 4.44. The molecule has 1 aromatic heterocycles. The van der Waals surface area contributed by atoms with Crippen molar-refractivity contribution >= 4 is 16.9 Å². The third kappa shape index (κ3) is 3.35. The Hall–Kier alpha value is -2.38. The van der Waals surface area contributed by atoms with Crippen molar-refractivity contribution in [3.8, 4) is 0 Å². The molecule has 0 aliphatic carbocycles. The molecule has 8 heteroatoms. The highest BCUT2D eigenvalue weighted by Crippen LogP contribution is 2.31. The summed E-state index contributed by atoms with van der Waals surface area (Å²) < 4.78 is 44.5. The van der Waals surface area contributed by atoms with Crippen molar-refractivity contribution in [3.05, 3.63) is 39.7 Å². The van der Waals surface area contributed by atoms with Crippen molar-refractivity contribution in [1.29, 1.82) is 0 Å². The number of carbonyl (C=O) groups excluding carboxylic acids is 1. The minimum absolute atomic E-state index is 0.0576. The molecule has 1 heterocycles. The van der Waals surface area contributed by atoms with Crippen LogP contribution in [-0.4, -0.2) is 22.9 Å². The SMILES string of the molecule is COC(=O)Cc1nn(C(C)C)c2cc(C(F)(F)F)ccc2c1=O. The lowest BCUT2D eigenvalue weighted by Crippen LogP contribution is -2.23. The van der Waals surface area contributed by atoms with Gasteiger partial charge in [0.15, 0.2) is 0 Å². The molecule has 0 unspecified atom stereocenters. The molecule has 2 aromatic rings. The number of hydrogen-bond acceptors (Lipinski definition) is 4. The lowest BCUT2D eigenvalue weighted by atomic mass is 10.1. The number of ether oxygens (including phenoxy) is 1. The predicted molar refractivity (Wildman–Crippen MR) is 77.1 cm³/mol. The zero-order valence-corrected chi connectivity index (χ0v) is 12.8. The Morgan fingerprint density at radius 2 is 2.00 bits per heavy atom. The molecule has 124 valence electrons. The molecule has 2 rings (SSSR count). The van der Waals surface area contributed by atoms with Crippen LogP contribution in [0.1, 0.15) is 31.1 Å². The first-order chi connectivity index (χ1) is 10.6. The van der Waals surface area contributed by atoms with Gasteiger partial charge < -0.3 is 4.74 Å². The van der Waals surface area contributed by atoms with E-state index in [4.69, 9.17) is 0 Å². The highest BCUT2D eigenvalue weighted by molar-refractivity contribution is 5.81. The van der Waals surface area contributed by atoms with E-state index in [0.717, 1.165) is 18.2 Å². The van der Waals surface area contributed by atoms with E-state index in [1.54, 1.807) is 13.8 Å². The number of fused-ring (bicyclic) bond motifs is 1. The molecular formula is C15H15F3N2O3. The van der Waals surface area contributed by atoms with Gasteiger partial charge >= 0.3 is 12.1 Å². The number of halogens is 3. The van der Waals surface area contributed by atoms with Crippen molar-refractivity contribution in [1.82, 2.24) is 9.78 Å². The van der Waals surface area contributed by atoms with Gasteiger partial charge in [0, 0.05) is 11.4 Å². The molecule has 0 aliphatic rings. The summed E-state index contributed by atoms with van der Waals surface area (Å²) in [5.41, 5.74) is -1.41. The molecule has 23 heavy (non-hydrogen) atoms. The zero-order chi connectivity index (χ0) is 17.4. The van der Waals surface area contributed by atoms with Crippen LogP contribution in [0.15, 0.2) is 23.0 Å². The predicted octanol–water partition coefficient (Wildman–Crippen LogP) is 2.71. The van der Waals surface area contributed by atoms with Gasteiger partial charge in [-0.15, -0.1) is 0 Å². The smallest absolute Gasteiger partial charge is 0.416 e. The van der Waals surface area contributed by atoms with E-state index in [9.17, 15) is 22.8 Å². The van der Waals surface area contributed by atoms with Crippen molar-refractivity contribution in [2.75, 3.05) is 7.11 Å². The third-order valence-electron chi connectivity index (χ3n) is 3.34. The summed E-state index contributed by atoms with van der Waals surface area (Å²) in [6.45, 7) is 3.44. The summed E-state index contributed by atoms with van der Waals surface area (Å²) in [5, 5.41) is 4.13. The molecule has 0 saturated heterocycles. The van der Waals surface area contributed by atoms with E-state index in [1.165, 1.54) is 11.8 Å². The molecule has 5 nitrogen and oxygen atoms in total. The maximum atomic E-state index is 12.9. The van der Waals surface area contributed by atoms with Crippen LogP contribution in [0.4, 0.5) is 13.2 Å². The van der Waals surface area contributed by atoms with Crippen molar-refractivity contribution < 1.29 is 22.7 Å². The number of carbonyl (C=O) groups is 1. The van der Waals surface area contributed by atoms with Crippen LogP contribution >= 0.6 is 0 Å². The second-order valence-corrected chi connectivity index (χ2v) is 5.30. The summed E-state index contributed by atoms with van der Waals surface area (Å²) in [7, 11) is 1.18. The quantitative estimate of drug-likeness (QED) is 0.813. The summed E-state index contributed by atoms with van der Waals surface area (Å²) in [4.78, 5) is 23.7. The van der Waals surface area contributed by atoms with Gasteiger partial charge in [-0.2, -0.15) is 18.3 Å². The second-order valence-electron chi connectivity index (χ2n) is 5.30. The molecule has 0 atom stereocenters. The van der Waals surface area contributed by atoms with Gasteiger partial charge in [-0.3, -0.25) is 14.3 Å². The largest absolute Gasteiger partial charge is 0.469 e. The summed E-state index contributed by atoms with van der Waals surface area (Å²) in [5.74, 6) is -0.642. The number of esters is 1. The fraction of sp³-hybridized carbons (Fsp3) is 0.400. The molecule has 0 N–H and O–H groups in total. The highest BCUT2D eigenvalue weighted by atomic mass is 19.4. The van der Waals surface area contributed by atoms with Gasteiger partial charge in [-0.25, -0.2) is 0 Å². The van der Waals surface area contributed by atoms with Gasteiger partial charge in [-0.1, -0.05) is 0 Å². The van der Waals surface area contributed by atoms with E-state index in [-0.39, 0.29) is 29.1 Å². The lowest BCUT2D eigenvalue weighted by molar-refractivity contribution is -0.140. The number of methoxy groups -OCH3 is 1. The Bertz CT molecular complexity index is 810. The number of alkyl halides is 3. The van der Waals surface area contributed by atoms with Crippen LogP contribution in [-0.2, 0) is 22.1 Å². The molecular weight excluding hydrogens is 313 g/mol. The molecule has 0 aliphatic heterocycles. The highest BCUT2D eigenvalue weighted by Gasteiger charge is 2.31. The summed E-state index contributed by atoms with van der Waals surface area (Å²) in [6, 6.07) is 2.56. The number of nitrogens with zero attached hydrogens (tertiary/aromatic N) is 2. The summed E-state index contributed by atoms with van der Waals surface area (Å²) in [6.07, 6.45) is -4.85. The van der Waals surface area contributed by atoms with Gasteiger partial charge in [0.05, 0.1) is 24.6 Å². The van der Waals surface area contributed by atoms with Crippen molar-refractivity contribution in [2.45, 2.75) is 32.5 Å². The molecule has 0 radical (unpaired) electrons. The summed E-state index contributed by atoms with van der Waals surface area (Å²) >= 11 is 0. The first-order valence-electron chi connectivity index (χ1n) is 6.84. The third-order valence-corrected chi connectivity index (χ3v) is 3.34. The average molecular weight is 328 g/mol. The fourth-order valence-electron chi connectivity index (χ4n) is 2.19. The topological polar surface area (TPSA) is 61.2 Å². The maximum absolute atomic E-state index is 12.9. The number of rotatable bonds is 3. The van der Waals surface area contributed by atoms with Crippen LogP contribution in [0.2, 0.25) is 0 Å². The molecule has 1 aromatic carbocycles. The Balaban J connectivity index is 2.75. The Labute approximate surface area is 129 Å². The van der Waals surface area contributed by atoms with E-state index < -0.39 is 23.1 Å². The van der Waals surface area contributed by atoms with E-state index in [1.807, 2.05) is 0 Å². The standard InChI is InChI=1S/C15H15F3N2O3/c1-8(2)20-12-6-9(15(16,17)18)4-5-10(12)14(22)11(19-20)7-13(21)23-3/h4-6,8H,7H2,1-3H3. The normalized spacial score (nSPS) is 12.0. The van der Waals surface area contributed by atoms with Gasteiger partial charge in [0.1, 0.15) is 5.69 Å². The van der Waals surface area contributed by atoms with Crippen molar-refractivity contribution in [3.63, 3.8) is 0 Å². The molecule has 0 amide bonds. The lowest BCUT2D eigenvalue weighted by Gasteiger charge is -2.16. The Morgan fingerprint density at radius 1 is 1.35 bits per heavy atom. The minimum atomic E-state index is -4.52. The van der Waals surface area contributed by atoms with Crippen LogP contribution in [0.25, 0.3) is 10.9 Å². The molecule has 0 spiro atoms. The zero-order valence-electron chi connectivity index (χ0n) is 12.8. The van der Waals surface area contributed by atoms with E-state index in [2.05, 4.69) is 9.84 Å². The van der Waals surface area contributed by atoms with E-state index in [0.29, 0.717) is 0 Å². The van der Waals surface area contributed by atoms with Gasteiger partial charge in [0.25, 0.3) is 0 Å². The number of hydrogen-bond donors (Lipinski definition) is 0. The van der Waals surface area contributed by atoms with Crippen molar-refractivity contribution in [2.24, 2.45) is 0 Å². The monoisotopic (exact) mass is 328 g/mol. The average Bonchev–Trinajstić information content (AvgIpc) is 2.48. The first-order valence-corrected chi connectivity index (χ1v) is 6.84. The van der Waals surface area contributed by atoms with Crippen LogP contribution in [0, 0.1) is 0 Å². The van der Waals surface area contributed by atoms with E-state index >= 15 is 0 Å². The molecule has 0 bridgehead atoms. The van der Waals surface area contributed by atoms with Gasteiger partial charge in [0.2, 0.25) is 5.43 Å². The van der Waals surface area contributed by atoms with Crippen LogP contribution in [0.3, 0.4) is 0 Å².